The molecule has 1 atom stereocenters. The molecule has 0 saturated heterocycles. The van der Waals surface area contributed by atoms with E-state index in [0.29, 0.717) is 0 Å². The van der Waals surface area contributed by atoms with Crippen LogP contribution in [0.3, 0.4) is 0 Å². The van der Waals surface area contributed by atoms with E-state index in [2.05, 4.69) is 43.9 Å². The molecule has 2 aromatic rings. The lowest BCUT2D eigenvalue weighted by Crippen LogP contribution is -2.16. The predicted octanol–water partition coefficient (Wildman–Crippen LogP) is 5.12. The molecule has 0 nitrogen and oxygen atoms in total. The normalized spacial score (nSPS) is 8.45. The molecule has 122 valence electrons. The summed E-state index contributed by atoms with van der Waals surface area (Å²) >= 11 is 0. The van der Waals surface area contributed by atoms with E-state index >= 15 is 0 Å². The van der Waals surface area contributed by atoms with Crippen LogP contribution in [0.4, 0.5) is 0 Å². The Kier molecular flexibility index (Phi) is 13.5. The van der Waals surface area contributed by atoms with Crippen LogP contribution >= 0.6 is 9.24 Å². The van der Waals surface area contributed by atoms with Crippen LogP contribution in [0, 0.1) is 34.6 Å². The van der Waals surface area contributed by atoms with Gasteiger partial charge in [0.1, 0.15) is 7.85 Å². The summed E-state index contributed by atoms with van der Waals surface area (Å²) in [6.07, 6.45) is 0. The van der Waals surface area contributed by atoms with Crippen molar-refractivity contribution < 1.29 is 0 Å². The van der Waals surface area contributed by atoms with Gasteiger partial charge >= 0.3 is 0 Å². The zero-order valence-corrected chi connectivity index (χ0v) is 13.7. The van der Waals surface area contributed by atoms with Crippen molar-refractivity contribution in [3.05, 3.63) is 58.1 Å². The molecule has 2 rings (SSSR count). The van der Waals surface area contributed by atoms with Gasteiger partial charge in [-0.2, -0.15) is 0 Å². The Morgan fingerprint density at radius 3 is 1.23 bits per heavy atom. The van der Waals surface area contributed by atoms with E-state index in [-0.39, 0.29) is 22.3 Å². The monoisotopic (exact) mass is 316 g/mol. The molecule has 0 heterocycles. The maximum absolute atomic E-state index is 5.95. The zero-order valence-electron chi connectivity index (χ0n) is 12.5. The van der Waals surface area contributed by atoms with Crippen LogP contribution in [0.2, 0.25) is 0 Å². The molecule has 0 aliphatic heterocycles. The summed E-state index contributed by atoms with van der Waals surface area (Å²) in [4.78, 5) is 0. The average Bonchev–Trinajstić information content (AvgIpc) is 2.42. The van der Waals surface area contributed by atoms with Crippen molar-refractivity contribution in [3.8, 4) is 0 Å². The second-order valence-electron chi connectivity index (χ2n) is 4.95. The minimum absolute atomic E-state index is 0. The van der Waals surface area contributed by atoms with Crippen LogP contribution in [-0.4, -0.2) is 7.85 Å². The van der Waals surface area contributed by atoms with Gasteiger partial charge in [-0.25, -0.2) is 0 Å². The van der Waals surface area contributed by atoms with Crippen molar-refractivity contribution >= 4 is 27.9 Å². The number of benzene rings is 2. The van der Waals surface area contributed by atoms with Crippen molar-refractivity contribution in [2.24, 2.45) is 0 Å². The van der Waals surface area contributed by atoms with Gasteiger partial charge in [0, 0.05) is 0 Å². The quantitative estimate of drug-likeness (QED) is 0.467. The standard InChI is InChI=1S/C11H15B.C6H7P.3CH4/c1-6-7(2)9(4)11(12)10(5)8(6)3;7-6-4-2-1-3-5-6;;;/h1-5H3;1-5H,7H2;3*1H4. The van der Waals surface area contributed by atoms with E-state index in [1.54, 1.807) is 0 Å². The van der Waals surface area contributed by atoms with Gasteiger partial charge in [-0.1, -0.05) is 69.2 Å². The summed E-state index contributed by atoms with van der Waals surface area (Å²) in [6, 6.07) is 10.1. The highest BCUT2D eigenvalue weighted by Crippen LogP contribution is 2.17. The third-order valence-corrected chi connectivity index (χ3v) is 4.24. The van der Waals surface area contributed by atoms with Crippen molar-refractivity contribution in [3.63, 3.8) is 0 Å². The fourth-order valence-corrected chi connectivity index (χ4v) is 2.20. The molecule has 0 N–H and O–H groups in total. The largest absolute Gasteiger partial charge is 0.114 e. The van der Waals surface area contributed by atoms with Gasteiger partial charge in [0.25, 0.3) is 0 Å². The molecule has 2 heteroatoms. The number of hydrogen-bond donors (Lipinski definition) is 0. The van der Waals surface area contributed by atoms with Crippen LogP contribution in [0.25, 0.3) is 0 Å². The lowest BCUT2D eigenvalue weighted by Gasteiger charge is -2.15. The maximum atomic E-state index is 5.95. The highest BCUT2D eigenvalue weighted by molar-refractivity contribution is 7.27. The summed E-state index contributed by atoms with van der Waals surface area (Å²) in [5.41, 5.74) is 7.45. The van der Waals surface area contributed by atoms with Gasteiger partial charge in [-0.15, -0.1) is 9.24 Å². The van der Waals surface area contributed by atoms with E-state index in [1.807, 2.05) is 30.3 Å². The first-order valence-electron chi connectivity index (χ1n) is 6.49. The Bertz CT molecular complexity index is 455. The predicted molar refractivity (Wildman–Crippen MR) is 111 cm³/mol. The van der Waals surface area contributed by atoms with Gasteiger partial charge in [0.05, 0.1) is 0 Å². The summed E-state index contributed by atoms with van der Waals surface area (Å²) in [5, 5.41) is 1.24. The molecule has 0 aromatic heterocycles. The summed E-state index contributed by atoms with van der Waals surface area (Å²) in [7, 11) is 8.58. The molecule has 0 fully saturated rings. The molecule has 1 unspecified atom stereocenters. The van der Waals surface area contributed by atoms with E-state index in [0.717, 1.165) is 5.46 Å². The second kappa shape index (κ2) is 11.5. The maximum Gasteiger partial charge on any atom is 0.114 e. The third-order valence-electron chi connectivity index (χ3n) is 3.86. The zero-order chi connectivity index (χ0) is 14.6. The molecule has 0 spiro atoms. The van der Waals surface area contributed by atoms with Crippen LogP contribution in [0.15, 0.2) is 30.3 Å². The highest BCUT2D eigenvalue weighted by atomic mass is 31.0. The van der Waals surface area contributed by atoms with Gasteiger partial charge < -0.3 is 0 Å². The fraction of sp³-hybridized carbons (Fsp3) is 0.400. The Morgan fingerprint density at radius 1 is 0.636 bits per heavy atom. The van der Waals surface area contributed by atoms with Crippen molar-refractivity contribution in [1.82, 2.24) is 0 Å². The van der Waals surface area contributed by atoms with Crippen molar-refractivity contribution in [1.29, 1.82) is 0 Å². The Hall–Kier alpha value is -1.07. The van der Waals surface area contributed by atoms with Gasteiger partial charge in [0.15, 0.2) is 0 Å². The molecular formula is C20H34BP. The van der Waals surface area contributed by atoms with Crippen molar-refractivity contribution in [2.45, 2.75) is 56.9 Å². The smallest absolute Gasteiger partial charge is 0.106 e. The molecule has 0 amide bonds. The van der Waals surface area contributed by atoms with E-state index < -0.39 is 0 Å². The third kappa shape index (κ3) is 6.36. The SMILES string of the molecule is C.C.C.Pc1ccccc1.[B]c1c(C)c(C)c(C)c(C)c1C. The van der Waals surface area contributed by atoms with Crippen LogP contribution in [0.5, 0.6) is 0 Å². The van der Waals surface area contributed by atoms with Crippen LogP contribution < -0.4 is 10.8 Å². The molecule has 0 bridgehead atoms. The lowest BCUT2D eigenvalue weighted by molar-refractivity contribution is 1.20. The number of rotatable bonds is 0. The summed E-state index contributed by atoms with van der Waals surface area (Å²) in [6.45, 7) is 10.6. The molecule has 0 aliphatic carbocycles. The molecule has 22 heavy (non-hydrogen) atoms. The highest BCUT2D eigenvalue weighted by Gasteiger charge is 2.07. The summed E-state index contributed by atoms with van der Waals surface area (Å²) < 4.78 is 0. The van der Waals surface area contributed by atoms with Crippen molar-refractivity contribution in [2.75, 3.05) is 0 Å². The molecular weight excluding hydrogens is 282 g/mol. The molecule has 0 aliphatic rings. The number of hydrogen-bond acceptors (Lipinski definition) is 0. The second-order valence-corrected chi connectivity index (χ2v) is 5.62. The molecule has 2 aromatic carbocycles. The minimum Gasteiger partial charge on any atom is -0.106 e. The first kappa shape index (κ1) is 25.9. The van der Waals surface area contributed by atoms with Crippen LogP contribution in [-0.2, 0) is 0 Å². The molecule has 0 saturated carbocycles. The molecule has 2 radical (unpaired) electrons. The van der Waals surface area contributed by atoms with Crippen LogP contribution in [0.1, 0.15) is 50.1 Å². The average molecular weight is 316 g/mol. The lowest BCUT2D eigenvalue weighted by atomic mass is 9.80. The Labute approximate surface area is 143 Å². The topological polar surface area (TPSA) is 0 Å². The Balaban J connectivity index is -0.000000317. The van der Waals surface area contributed by atoms with E-state index in [1.165, 1.54) is 33.1 Å². The van der Waals surface area contributed by atoms with E-state index in [4.69, 9.17) is 7.85 Å². The van der Waals surface area contributed by atoms with E-state index in [9.17, 15) is 0 Å². The minimum atomic E-state index is 0. The van der Waals surface area contributed by atoms with Gasteiger partial charge in [-0.3, -0.25) is 0 Å². The van der Waals surface area contributed by atoms with Gasteiger partial charge in [0.2, 0.25) is 0 Å². The van der Waals surface area contributed by atoms with Gasteiger partial charge in [-0.05, 0) is 56.6 Å². The summed E-state index contributed by atoms with van der Waals surface area (Å²) in [5.74, 6) is 0. The first-order valence-corrected chi connectivity index (χ1v) is 7.07. The Morgan fingerprint density at radius 2 is 0.955 bits per heavy atom. The fourth-order valence-electron chi connectivity index (χ4n) is 1.98. The first-order chi connectivity index (χ1) is 8.86.